The number of aliphatic imine (C=N–C) groups is 1. The molecule has 2 aromatic carbocycles. The standard InChI is InChI=1S/C23H16N2O2S/c1-13-12-14(2)25-22(24-13)21(15-8-4-3-5-9-15)28-23(25)18-19(26)16-10-6-7-11-17(16)20(18)27/h3-12H,1-2H3. The van der Waals surface area contributed by atoms with Crippen LogP contribution in [-0.2, 0) is 0 Å². The summed E-state index contributed by atoms with van der Waals surface area (Å²) in [6.45, 7) is 3.93. The molecule has 4 nitrogen and oxygen atoms in total. The summed E-state index contributed by atoms with van der Waals surface area (Å²) in [5.41, 5.74) is 4.05. The molecule has 1 aliphatic carbocycles. The minimum atomic E-state index is -0.212. The molecule has 2 heterocycles. The summed E-state index contributed by atoms with van der Waals surface area (Å²) < 4.78 is 0. The first-order chi connectivity index (χ1) is 13.6. The Labute approximate surface area is 167 Å². The Hall–Kier alpha value is -3.18. The molecule has 2 aliphatic heterocycles. The summed E-state index contributed by atoms with van der Waals surface area (Å²) in [7, 11) is 0. The van der Waals surface area contributed by atoms with E-state index in [4.69, 9.17) is 4.99 Å². The lowest BCUT2D eigenvalue weighted by atomic mass is 10.1. The number of hydrogen-bond donors (Lipinski definition) is 0. The quantitative estimate of drug-likeness (QED) is 0.511. The van der Waals surface area contributed by atoms with Crippen LogP contribution in [0.1, 0.15) is 40.1 Å². The van der Waals surface area contributed by atoms with Gasteiger partial charge in [0.15, 0.2) is 17.4 Å². The molecular formula is C23H16N2O2S. The number of carbonyl (C=O) groups excluding carboxylic acids is 2. The molecule has 0 unspecified atom stereocenters. The number of ketones is 2. The highest BCUT2D eigenvalue weighted by atomic mass is 32.2. The molecule has 0 bridgehead atoms. The van der Waals surface area contributed by atoms with Gasteiger partial charge >= 0.3 is 0 Å². The molecule has 0 spiro atoms. The molecule has 5 rings (SSSR count). The average Bonchev–Trinajstić information content (AvgIpc) is 3.19. The van der Waals surface area contributed by atoms with Crippen LogP contribution in [0.4, 0.5) is 0 Å². The van der Waals surface area contributed by atoms with Gasteiger partial charge in [0.1, 0.15) is 10.6 Å². The topological polar surface area (TPSA) is 49.7 Å². The minimum Gasteiger partial charge on any atom is -0.291 e. The molecule has 0 saturated heterocycles. The van der Waals surface area contributed by atoms with Gasteiger partial charge in [-0.1, -0.05) is 66.4 Å². The highest BCUT2D eigenvalue weighted by Gasteiger charge is 2.42. The Morgan fingerprint density at radius 1 is 0.857 bits per heavy atom. The van der Waals surface area contributed by atoms with Crippen LogP contribution in [-0.4, -0.2) is 22.2 Å². The number of carbonyl (C=O) groups is 2. The Bertz CT molecular complexity index is 1150. The highest BCUT2D eigenvalue weighted by molar-refractivity contribution is 8.12. The van der Waals surface area contributed by atoms with Crippen LogP contribution in [0.15, 0.2) is 87.8 Å². The van der Waals surface area contributed by atoms with E-state index in [0.717, 1.165) is 27.7 Å². The van der Waals surface area contributed by atoms with Crippen molar-refractivity contribution in [3.63, 3.8) is 0 Å². The van der Waals surface area contributed by atoms with E-state index in [1.807, 2.05) is 55.2 Å². The molecule has 28 heavy (non-hydrogen) atoms. The van der Waals surface area contributed by atoms with Gasteiger partial charge < -0.3 is 0 Å². The van der Waals surface area contributed by atoms with Gasteiger partial charge in [-0.05, 0) is 25.5 Å². The molecule has 3 aliphatic rings. The SMILES string of the molecule is CC1=CC(C)=NC2=C(c3ccccc3)SC(=C3C(=O)c4ccccc4C3=O)N12. The predicted octanol–water partition coefficient (Wildman–Crippen LogP) is 5.03. The molecule has 0 radical (unpaired) electrons. The van der Waals surface area contributed by atoms with Crippen LogP contribution in [0.5, 0.6) is 0 Å². The molecule has 0 amide bonds. The van der Waals surface area contributed by atoms with E-state index >= 15 is 0 Å². The normalized spacial score (nSPS) is 18.4. The highest BCUT2D eigenvalue weighted by Crippen LogP contribution is 2.52. The van der Waals surface area contributed by atoms with Crippen molar-refractivity contribution in [3.8, 4) is 0 Å². The van der Waals surface area contributed by atoms with Gasteiger partial charge in [-0.2, -0.15) is 0 Å². The largest absolute Gasteiger partial charge is 0.291 e. The third-order valence-electron chi connectivity index (χ3n) is 4.99. The lowest BCUT2D eigenvalue weighted by Crippen LogP contribution is -2.22. The molecule has 0 fully saturated rings. The fourth-order valence-electron chi connectivity index (χ4n) is 3.77. The van der Waals surface area contributed by atoms with Crippen molar-refractivity contribution in [2.24, 2.45) is 4.99 Å². The van der Waals surface area contributed by atoms with Gasteiger partial charge in [0, 0.05) is 22.5 Å². The van der Waals surface area contributed by atoms with Crippen molar-refractivity contribution < 1.29 is 9.59 Å². The number of thioether (sulfide) groups is 1. The zero-order valence-corrected chi connectivity index (χ0v) is 16.2. The van der Waals surface area contributed by atoms with Crippen molar-refractivity contribution in [2.75, 3.05) is 0 Å². The number of rotatable bonds is 1. The average molecular weight is 384 g/mol. The van der Waals surface area contributed by atoms with Crippen LogP contribution in [0.25, 0.3) is 4.91 Å². The van der Waals surface area contributed by atoms with Crippen molar-refractivity contribution in [2.45, 2.75) is 13.8 Å². The zero-order valence-electron chi connectivity index (χ0n) is 15.4. The van der Waals surface area contributed by atoms with Crippen LogP contribution in [0.3, 0.4) is 0 Å². The lowest BCUT2D eigenvalue weighted by molar-refractivity contribution is 0.0986. The van der Waals surface area contributed by atoms with E-state index in [1.54, 1.807) is 24.3 Å². The Balaban J connectivity index is 1.73. The summed E-state index contributed by atoms with van der Waals surface area (Å²) in [4.78, 5) is 33.8. The molecule has 0 saturated carbocycles. The van der Waals surface area contributed by atoms with E-state index < -0.39 is 0 Å². The first kappa shape index (κ1) is 17.0. The maximum absolute atomic E-state index is 13.1. The van der Waals surface area contributed by atoms with Crippen LogP contribution in [0.2, 0.25) is 0 Å². The number of nitrogens with zero attached hydrogens (tertiary/aromatic N) is 2. The van der Waals surface area contributed by atoms with E-state index in [0.29, 0.717) is 16.2 Å². The van der Waals surface area contributed by atoms with E-state index in [-0.39, 0.29) is 17.1 Å². The predicted molar refractivity (Wildman–Crippen MR) is 112 cm³/mol. The monoisotopic (exact) mass is 384 g/mol. The van der Waals surface area contributed by atoms with Crippen molar-refractivity contribution in [1.82, 2.24) is 4.90 Å². The zero-order chi connectivity index (χ0) is 19.4. The summed E-state index contributed by atoms with van der Waals surface area (Å²) in [5.74, 6) is 0.347. The third kappa shape index (κ3) is 2.36. The molecule has 2 aromatic rings. The van der Waals surface area contributed by atoms with Crippen LogP contribution < -0.4 is 0 Å². The smallest absolute Gasteiger partial charge is 0.200 e. The number of fused-ring (bicyclic) bond motifs is 2. The third-order valence-corrected chi connectivity index (χ3v) is 6.19. The van der Waals surface area contributed by atoms with E-state index in [2.05, 4.69) is 0 Å². The Morgan fingerprint density at radius 2 is 1.46 bits per heavy atom. The molecule has 5 heteroatoms. The van der Waals surface area contributed by atoms with Crippen molar-refractivity contribution in [3.05, 3.63) is 99.5 Å². The summed E-state index contributed by atoms with van der Waals surface area (Å²) in [5, 5.41) is 0.644. The van der Waals surface area contributed by atoms with Gasteiger partial charge in [-0.15, -0.1) is 0 Å². The fraction of sp³-hybridized carbons (Fsp3) is 0.0870. The lowest BCUT2D eigenvalue weighted by Gasteiger charge is -2.25. The molecular weight excluding hydrogens is 368 g/mol. The number of benzene rings is 2. The molecule has 0 aromatic heterocycles. The van der Waals surface area contributed by atoms with E-state index in [9.17, 15) is 9.59 Å². The Kier molecular flexibility index (Phi) is 3.74. The van der Waals surface area contributed by atoms with Gasteiger partial charge in [0.05, 0.1) is 4.91 Å². The maximum atomic E-state index is 13.1. The van der Waals surface area contributed by atoms with Gasteiger partial charge in [-0.25, -0.2) is 4.99 Å². The first-order valence-corrected chi connectivity index (χ1v) is 9.82. The van der Waals surface area contributed by atoms with Crippen LogP contribution >= 0.6 is 11.8 Å². The minimum absolute atomic E-state index is 0.212. The molecule has 0 atom stereocenters. The van der Waals surface area contributed by atoms with E-state index in [1.165, 1.54) is 11.8 Å². The van der Waals surface area contributed by atoms with Gasteiger partial charge in [-0.3, -0.25) is 14.5 Å². The second-order valence-corrected chi connectivity index (χ2v) is 7.88. The van der Waals surface area contributed by atoms with Crippen molar-refractivity contribution in [1.29, 1.82) is 0 Å². The Morgan fingerprint density at radius 3 is 2.11 bits per heavy atom. The number of Topliss-reactive ketones (excluding diaryl/α,β-unsaturated/α-hetero) is 2. The summed E-state index contributed by atoms with van der Waals surface area (Å²) >= 11 is 1.45. The van der Waals surface area contributed by atoms with Crippen molar-refractivity contribution >= 4 is 33.9 Å². The number of hydrogen-bond acceptors (Lipinski definition) is 5. The fourth-order valence-corrected chi connectivity index (χ4v) is 5.05. The molecule has 136 valence electrons. The number of allylic oxidation sites excluding steroid dienone is 3. The second kappa shape index (κ2) is 6.17. The first-order valence-electron chi connectivity index (χ1n) is 9.00. The van der Waals surface area contributed by atoms with Gasteiger partial charge in [0.2, 0.25) is 0 Å². The summed E-state index contributed by atoms with van der Waals surface area (Å²) in [6, 6.07) is 17.0. The van der Waals surface area contributed by atoms with Gasteiger partial charge in [0.25, 0.3) is 0 Å². The molecule has 0 N–H and O–H groups in total. The summed E-state index contributed by atoms with van der Waals surface area (Å²) in [6.07, 6.45) is 1.97. The second-order valence-electron chi connectivity index (χ2n) is 6.88. The van der Waals surface area contributed by atoms with Crippen LogP contribution in [0, 0.1) is 0 Å². The maximum Gasteiger partial charge on any atom is 0.200 e.